The van der Waals surface area contributed by atoms with E-state index in [-0.39, 0.29) is 5.56 Å². The van der Waals surface area contributed by atoms with Gasteiger partial charge >= 0.3 is 0 Å². The Hall–Kier alpha value is -2.36. The minimum Gasteiger partial charge on any atom is -0.297 e. The summed E-state index contributed by atoms with van der Waals surface area (Å²) in [5.74, 6) is 0. The second kappa shape index (κ2) is 3.84. The molecule has 1 aromatic carbocycles. The van der Waals surface area contributed by atoms with Gasteiger partial charge in [-0.2, -0.15) is 0 Å². The van der Waals surface area contributed by atoms with E-state index in [1.807, 2.05) is 37.3 Å². The van der Waals surface area contributed by atoms with Gasteiger partial charge in [-0.3, -0.25) is 9.89 Å². The van der Waals surface area contributed by atoms with Gasteiger partial charge in [0, 0.05) is 22.9 Å². The van der Waals surface area contributed by atoms with Crippen LogP contribution in [0.3, 0.4) is 0 Å². The van der Waals surface area contributed by atoms with Crippen LogP contribution < -0.4 is 5.56 Å². The Balaban J connectivity index is 2.40. The summed E-state index contributed by atoms with van der Waals surface area (Å²) in [5, 5.41) is 2.92. The highest BCUT2D eigenvalue weighted by Crippen LogP contribution is 2.19. The van der Waals surface area contributed by atoms with Gasteiger partial charge in [-0.25, -0.2) is 9.50 Å². The average Bonchev–Trinajstić information content (AvgIpc) is 2.77. The lowest BCUT2D eigenvalue weighted by molar-refractivity contribution is 0.887. The van der Waals surface area contributed by atoms with Gasteiger partial charge in [-0.15, -0.1) is 0 Å². The molecule has 0 fully saturated rings. The Labute approximate surface area is 104 Å². The third-order valence-electron chi connectivity index (χ3n) is 3.12. The molecule has 0 spiro atoms. The maximum absolute atomic E-state index is 12.2. The van der Waals surface area contributed by atoms with Crippen LogP contribution in [0.25, 0.3) is 16.9 Å². The van der Waals surface area contributed by atoms with Gasteiger partial charge in [0.15, 0.2) is 5.65 Å². The molecule has 0 saturated heterocycles. The Bertz CT molecular complexity index is 769. The zero-order chi connectivity index (χ0) is 12.7. The number of hydrogen-bond acceptors (Lipinski definition) is 2. The number of aromatic amines is 1. The third-order valence-corrected chi connectivity index (χ3v) is 3.12. The largest absolute Gasteiger partial charge is 0.297 e. The van der Waals surface area contributed by atoms with Crippen molar-refractivity contribution >= 4 is 5.65 Å². The number of aromatic nitrogens is 3. The van der Waals surface area contributed by atoms with Gasteiger partial charge in [0.25, 0.3) is 5.56 Å². The van der Waals surface area contributed by atoms with Gasteiger partial charge in [-0.05, 0) is 13.8 Å². The molecule has 0 unspecified atom stereocenters. The van der Waals surface area contributed by atoms with Gasteiger partial charge < -0.3 is 0 Å². The van der Waals surface area contributed by atoms with Crippen molar-refractivity contribution in [1.29, 1.82) is 0 Å². The summed E-state index contributed by atoms with van der Waals surface area (Å²) in [5.41, 5.74) is 3.97. The van der Waals surface area contributed by atoms with Crippen molar-refractivity contribution in [2.45, 2.75) is 13.8 Å². The van der Waals surface area contributed by atoms with Gasteiger partial charge in [-0.1, -0.05) is 30.3 Å². The fourth-order valence-corrected chi connectivity index (χ4v) is 2.09. The van der Waals surface area contributed by atoms with E-state index in [1.54, 1.807) is 13.1 Å². The van der Waals surface area contributed by atoms with E-state index >= 15 is 0 Å². The molecule has 0 saturated carbocycles. The molecule has 90 valence electrons. The maximum atomic E-state index is 12.2. The number of fused-ring (bicyclic) bond motifs is 1. The smallest absolute Gasteiger partial charge is 0.276 e. The summed E-state index contributed by atoms with van der Waals surface area (Å²) in [6.07, 6.45) is 1.79. The van der Waals surface area contributed by atoms with Crippen LogP contribution in [0, 0.1) is 13.8 Å². The molecule has 3 rings (SSSR count). The molecule has 2 aromatic heterocycles. The van der Waals surface area contributed by atoms with Crippen molar-refractivity contribution in [3.05, 3.63) is 58.0 Å². The lowest BCUT2D eigenvalue weighted by Crippen LogP contribution is -2.19. The van der Waals surface area contributed by atoms with Crippen LogP contribution in [0.15, 0.2) is 41.3 Å². The molecule has 0 radical (unpaired) electrons. The van der Waals surface area contributed by atoms with Crippen molar-refractivity contribution in [2.75, 3.05) is 0 Å². The van der Waals surface area contributed by atoms with Crippen LogP contribution in [-0.2, 0) is 0 Å². The van der Waals surface area contributed by atoms with E-state index in [4.69, 9.17) is 0 Å². The second-order valence-electron chi connectivity index (χ2n) is 4.37. The Morgan fingerprint density at radius 1 is 1.17 bits per heavy atom. The van der Waals surface area contributed by atoms with Crippen LogP contribution in [0.5, 0.6) is 0 Å². The number of H-pyrrole nitrogens is 1. The summed E-state index contributed by atoms with van der Waals surface area (Å²) in [6, 6.07) is 9.77. The van der Waals surface area contributed by atoms with E-state index in [0.29, 0.717) is 11.2 Å². The average molecular weight is 239 g/mol. The Kier molecular flexibility index (Phi) is 2.30. The van der Waals surface area contributed by atoms with E-state index in [1.165, 1.54) is 4.52 Å². The maximum Gasteiger partial charge on any atom is 0.276 e. The molecule has 0 amide bonds. The third kappa shape index (κ3) is 1.46. The summed E-state index contributed by atoms with van der Waals surface area (Å²) >= 11 is 0. The van der Waals surface area contributed by atoms with Crippen LogP contribution >= 0.6 is 0 Å². The van der Waals surface area contributed by atoms with Gasteiger partial charge in [0.05, 0.1) is 5.69 Å². The monoisotopic (exact) mass is 239 g/mol. The number of hydrogen-bond donors (Lipinski definition) is 1. The molecular formula is C14H13N3O. The minimum absolute atomic E-state index is 0.0491. The summed E-state index contributed by atoms with van der Waals surface area (Å²) in [7, 11) is 0. The standard InChI is InChI=1S/C14H13N3O/c1-9-8-15-17-13(9)16-12(10(2)14(17)18)11-6-4-3-5-7-11/h3-8,15H,1-2H3. The molecule has 18 heavy (non-hydrogen) atoms. The highest BCUT2D eigenvalue weighted by atomic mass is 16.1. The highest BCUT2D eigenvalue weighted by Gasteiger charge is 2.12. The Morgan fingerprint density at radius 3 is 2.61 bits per heavy atom. The fraction of sp³-hybridized carbons (Fsp3) is 0.143. The molecule has 4 heteroatoms. The van der Waals surface area contributed by atoms with E-state index in [9.17, 15) is 4.79 Å². The second-order valence-corrected chi connectivity index (χ2v) is 4.37. The van der Waals surface area contributed by atoms with Crippen LogP contribution in [-0.4, -0.2) is 14.6 Å². The zero-order valence-corrected chi connectivity index (χ0v) is 10.3. The lowest BCUT2D eigenvalue weighted by atomic mass is 10.1. The van der Waals surface area contributed by atoms with Crippen molar-refractivity contribution in [3.63, 3.8) is 0 Å². The minimum atomic E-state index is -0.0491. The predicted molar refractivity (Wildman–Crippen MR) is 70.7 cm³/mol. The van der Waals surface area contributed by atoms with E-state index in [2.05, 4.69) is 10.1 Å². The zero-order valence-electron chi connectivity index (χ0n) is 10.3. The van der Waals surface area contributed by atoms with Crippen molar-refractivity contribution in [1.82, 2.24) is 14.6 Å². The van der Waals surface area contributed by atoms with E-state index < -0.39 is 0 Å². The first-order valence-electron chi connectivity index (χ1n) is 5.81. The first-order chi connectivity index (χ1) is 8.68. The summed E-state index contributed by atoms with van der Waals surface area (Å²) in [6.45, 7) is 3.74. The topological polar surface area (TPSA) is 50.2 Å². The quantitative estimate of drug-likeness (QED) is 0.708. The lowest BCUT2D eigenvalue weighted by Gasteiger charge is -2.05. The van der Waals surface area contributed by atoms with Crippen LogP contribution in [0.4, 0.5) is 0 Å². The molecule has 4 nitrogen and oxygen atoms in total. The summed E-state index contributed by atoms with van der Waals surface area (Å²) in [4.78, 5) is 16.8. The van der Waals surface area contributed by atoms with Crippen LogP contribution in [0.2, 0.25) is 0 Å². The van der Waals surface area contributed by atoms with E-state index in [0.717, 1.165) is 16.8 Å². The SMILES string of the molecule is Cc1c(-c2ccccc2)nc2c(C)c[nH]n2c1=O. The number of rotatable bonds is 1. The molecule has 0 aliphatic heterocycles. The van der Waals surface area contributed by atoms with Crippen molar-refractivity contribution in [2.24, 2.45) is 0 Å². The Morgan fingerprint density at radius 2 is 1.89 bits per heavy atom. The molecule has 3 aromatic rings. The van der Waals surface area contributed by atoms with Crippen molar-refractivity contribution in [3.8, 4) is 11.3 Å². The highest BCUT2D eigenvalue weighted by molar-refractivity contribution is 5.65. The number of aryl methyl sites for hydroxylation is 1. The number of benzene rings is 1. The predicted octanol–water partition coefficient (Wildman–Crippen LogP) is 2.31. The normalized spacial score (nSPS) is 11.0. The van der Waals surface area contributed by atoms with Gasteiger partial charge in [0.1, 0.15) is 0 Å². The molecule has 0 aliphatic carbocycles. The van der Waals surface area contributed by atoms with Gasteiger partial charge in [0.2, 0.25) is 0 Å². The molecular weight excluding hydrogens is 226 g/mol. The molecule has 0 aliphatic rings. The van der Waals surface area contributed by atoms with Crippen LogP contribution in [0.1, 0.15) is 11.1 Å². The fourth-order valence-electron chi connectivity index (χ4n) is 2.09. The molecule has 0 atom stereocenters. The number of nitrogens with zero attached hydrogens (tertiary/aromatic N) is 2. The molecule has 1 N–H and O–H groups in total. The molecule has 2 heterocycles. The number of nitrogens with one attached hydrogen (secondary N) is 1. The first-order valence-corrected chi connectivity index (χ1v) is 5.81. The summed E-state index contributed by atoms with van der Waals surface area (Å²) < 4.78 is 1.48. The first kappa shape index (κ1) is 10.8. The molecule has 0 bridgehead atoms. The van der Waals surface area contributed by atoms with Crippen molar-refractivity contribution < 1.29 is 0 Å².